The van der Waals surface area contributed by atoms with Crippen LogP contribution in [0.4, 0.5) is 5.95 Å². The van der Waals surface area contributed by atoms with Crippen LogP contribution in [0.3, 0.4) is 0 Å². The molecule has 21 heavy (non-hydrogen) atoms. The Bertz CT molecular complexity index is 712. The molecule has 0 saturated heterocycles. The van der Waals surface area contributed by atoms with Crippen LogP contribution in [0.1, 0.15) is 12.0 Å². The lowest BCUT2D eigenvalue weighted by atomic mass is 10.1. The summed E-state index contributed by atoms with van der Waals surface area (Å²) in [4.78, 5) is 14.3. The Hall–Kier alpha value is -2.96. The quantitative estimate of drug-likeness (QED) is 0.871. The SMILES string of the molecule is C=C(Nc1ncccn1)C1=NC=C(c2cnn(NC)c2)C1. The van der Waals surface area contributed by atoms with Crippen LogP contribution in [0.5, 0.6) is 0 Å². The minimum absolute atomic E-state index is 0.515. The Kier molecular flexibility index (Phi) is 3.46. The molecular formula is C14H15N7. The highest BCUT2D eigenvalue weighted by Gasteiger charge is 2.16. The summed E-state index contributed by atoms with van der Waals surface area (Å²) in [6.45, 7) is 3.99. The third kappa shape index (κ3) is 2.81. The van der Waals surface area contributed by atoms with E-state index in [0.29, 0.717) is 18.1 Å². The van der Waals surface area contributed by atoms with Gasteiger partial charge in [-0.25, -0.2) is 9.97 Å². The average molecular weight is 281 g/mol. The molecule has 2 aromatic heterocycles. The summed E-state index contributed by atoms with van der Waals surface area (Å²) in [5.41, 5.74) is 6.64. The molecule has 106 valence electrons. The van der Waals surface area contributed by atoms with E-state index in [1.54, 1.807) is 29.4 Å². The van der Waals surface area contributed by atoms with Crippen molar-refractivity contribution in [3.8, 4) is 0 Å². The minimum Gasteiger partial charge on any atom is -0.323 e. The number of nitrogens with one attached hydrogen (secondary N) is 2. The van der Waals surface area contributed by atoms with Gasteiger partial charge in [0, 0.05) is 37.6 Å². The van der Waals surface area contributed by atoms with E-state index >= 15 is 0 Å². The molecule has 0 saturated carbocycles. The molecule has 3 rings (SSSR count). The lowest BCUT2D eigenvalue weighted by molar-refractivity contribution is 0.782. The molecule has 0 bridgehead atoms. The molecule has 0 amide bonds. The lowest BCUT2D eigenvalue weighted by Gasteiger charge is -2.07. The normalized spacial score (nSPS) is 13.6. The second-order valence-corrected chi connectivity index (χ2v) is 4.48. The third-order valence-corrected chi connectivity index (χ3v) is 3.09. The molecule has 0 spiro atoms. The maximum Gasteiger partial charge on any atom is 0.227 e. The second kappa shape index (κ2) is 5.58. The van der Waals surface area contributed by atoms with Crippen molar-refractivity contribution in [3.05, 3.63) is 54.9 Å². The number of hydrogen-bond acceptors (Lipinski definition) is 6. The maximum absolute atomic E-state index is 4.40. The van der Waals surface area contributed by atoms with Crippen molar-refractivity contribution in [2.75, 3.05) is 17.8 Å². The molecule has 2 N–H and O–H groups in total. The van der Waals surface area contributed by atoms with Crippen LogP contribution in [0.25, 0.3) is 5.57 Å². The summed E-state index contributed by atoms with van der Waals surface area (Å²) >= 11 is 0. The highest BCUT2D eigenvalue weighted by atomic mass is 15.5. The van der Waals surface area contributed by atoms with Crippen LogP contribution < -0.4 is 10.7 Å². The number of anilines is 1. The third-order valence-electron chi connectivity index (χ3n) is 3.09. The molecule has 7 heteroatoms. The predicted molar refractivity (Wildman–Crippen MR) is 82.3 cm³/mol. The van der Waals surface area contributed by atoms with Crippen LogP contribution in [-0.2, 0) is 0 Å². The zero-order valence-electron chi connectivity index (χ0n) is 11.6. The highest BCUT2D eigenvalue weighted by Crippen LogP contribution is 2.25. The molecule has 0 fully saturated rings. The summed E-state index contributed by atoms with van der Waals surface area (Å²) in [5.74, 6) is 0.515. The topological polar surface area (TPSA) is 80.0 Å². The molecule has 0 aromatic carbocycles. The van der Waals surface area contributed by atoms with Gasteiger partial charge < -0.3 is 10.7 Å². The van der Waals surface area contributed by atoms with Gasteiger partial charge in [-0.3, -0.25) is 4.99 Å². The zero-order valence-corrected chi connectivity index (χ0v) is 11.6. The fourth-order valence-electron chi connectivity index (χ4n) is 1.97. The summed E-state index contributed by atoms with van der Waals surface area (Å²) in [6.07, 6.45) is 9.61. The first-order valence-corrected chi connectivity index (χ1v) is 6.48. The van der Waals surface area contributed by atoms with Crippen molar-refractivity contribution in [2.24, 2.45) is 4.99 Å². The van der Waals surface area contributed by atoms with Crippen LogP contribution in [-0.4, -0.2) is 32.6 Å². The van der Waals surface area contributed by atoms with Gasteiger partial charge in [-0.2, -0.15) is 9.89 Å². The standard InChI is InChI=1S/C14H15N7/c1-10(20-14-16-4-3-5-17-14)13-6-11(7-18-13)12-8-19-21(9-12)15-2/h3-5,7-9,15H,1,6H2,2H3,(H,16,17,20). The van der Waals surface area contributed by atoms with Crippen LogP contribution in [0.15, 0.2) is 54.3 Å². The molecule has 2 aromatic rings. The van der Waals surface area contributed by atoms with Gasteiger partial charge in [0.05, 0.1) is 23.8 Å². The zero-order chi connectivity index (χ0) is 14.7. The Balaban J connectivity index is 1.64. The van der Waals surface area contributed by atoms with Crippen LogP contribution in [0.2, 0.25) is 0 Å². The number of aliphatic imine (C=N–C) groups is 1. The average Bonchev–Trinajstić information content (AvgIpc) is 3.17. The van der Waals surface area contributed by atoms with Gasteiger partial charge in [0.2, 0.25) is 5.95 Å². The van der Waals surface area contributed by atoms with E-state index in [2.05, 4.69) is 37.4 Å². The number of aromatic nitrogens is 4. The second-order valence-electron chi connectivity index (χ2n) is 4.48. The molecule has 0 atom stereocenters. The lowest BCUT2D eigenvalue weighted by Crippen LogP contribution is -2.10. The van der Waals surface area contributed by atoms with E-state index in [1.165, 1.54) is 0 Å². The first-order valence-electron chi connectivity index (χ1n) is 6.48. The number of rotatable bonds is 5. The van der Waals surface area contributed by atoms with Crippen molar-refractivity contribution in [1.82, 2.24) is 19.9 Å². The smallest absolute Gasteiger partial charge is 0.227 e. The van der Waals surface area contributed by atoms with Crippen LogP contribution in [0, 0.1) is 0 Å². The van der Waals surface area contributed by atoms with E-state index in [4.69, 9.17) is 0 Å². The van der Waals surface area contributed by atoms with Crippen molar-refractivity contribution < 1.29 is 0 Å². The molecule has 1 aliphatic heterocycles. The van der Waals surface area contributed by atoms with E-state index < -0.39 is 0 Å². The summed E-state index contributed by atoms with van der Waals surface area (Å²) in [5, 5.41) is 7.23. The number of hydrogen-bond donors (Lipinski definition) is 2. The van der Waals surface area contributed by atoms with Gasteiger partial charge >= 0.3 is 0 Å². The van der Waals surface area contributed by atoms with E-state index in [1.807, 2.05) is 19.4 Å². The fourth-order valence-corrected chi connectivity index (χ4v) is 1.97. The van der Waals surface area contributed by atoms with Gasteiger partial charge in [0.1, 0.15) is 0 Å². The molecule has 0 unspecified atom stereocenters. The Morgan fingerprint density at radius 1 is 1.33 bits per heavy atom. The molecule has 7 nitrogen and oxygen atoms in total. The van der Waals surface area contributed by atoms with Gasteiger partial charge in [-0.15, -0.1) is 0 Å². The largest absolute Gasteiger partial charge is 0.323 e. The van der Waals surface area contributed by atoms with Gasteiger partial charge in [0.15, 0.2) is 0 Å². The molecular weight excluding hydrogens is 266 g/mol. The Morgan fingerprint density at radius 3 is 2.86 bits per heavy atom. The maximum atomic E-state index is 4.40. The number of allylic oxidation sites excluding steroid dienone is 2. The van der Waals surface area contributed by atoms with E-state index in [0.717, 1.165) is 16.8 Å². The minimum atomic E-state index is 0.515. The summed E-state index contributed by atoms with van der Waals surface area (Å²) in [7, 11) is 1.81. The van der Waals surface area contributed by atoms with Crippen molar-refractivity contribution in [1.29, 1.82) is 0 Å². The Labute approximate surface area is 122 Å². The molecule has 1 aliphatic rings. The summed E-state index contributed by atoms with van der Waals surface area (Å²) < 4.78 is 0. The van der Waals surface area contributed by atoms with Crippen LogP contribution >= 0.6 is 0 Å². The van der Waals surface area contributed by atoms with Gasteiger partial charge in [-0.1, -0.05) is 6.58 Å². The number of nitrogens with zero attached hydrogens (tertiary/aromatic N) is 5. The van der Waals surface area contributed by atoms with E-state index in [9.17, 15) is 0 Å². The molecule has 0 aliphatic carbocycles. The van der Waals surface area contributed by atoms with E-state index in [-0.39, 0.29) is 0 Å². The van der Waals surface area contributed by atoms with Gasteiger partial charge in [-0.05, 0) is 11.6 Å². The summed E-state index contributed by atoms with van der Waals surface area (Å²) in [6, 6.07) is 1.76. The first-order chi connectivity index (χ1) is 10.3. The van der Waals surface area contributed by atoms with Gasteiger partial charge in [0.25, 0.3) is 0 Å². The predicted octanol–water partition coefficient (Wildman–Crippen LogP) is 1.66. The Morgan fingerprint density at radius 2 is 2.14 bits per heavy atom. The van der Waals surface area contributed by atoms with Crippen molar-refractivity contribution in [2.45, 2.75) is 6.42 Å². The fraction of sp³-hybridized carbons (Fsp3) is 0.143. The first kappa shape index (κ1) is 13.0. The molecule has 3 heterocycles. The monoisotopic (exact) mass is 281 g/mol. The van der Waals surface area contributed by atoms with Crippen molar-refractivity contribution >= 4 is 17.2 Å². The van der Waals surface area contributed by atoms with Crippen molar-refractivity contribution in [3.63, 3.8) is 0 Å². The highest BCUT2D eigenvalue weighted by molar-refractivity contribution is 6.09. The molecule has 0 radical (unpaired) electrons.